The van der Waals surface area contributed by atoms with Gasteiger partial charge in [0.15, 0.2) is 5.58 Å². The molecule has 1 aromatic carbocycles. The van der Waals surface area contributed by atoms with Crippen molar-refractivity contribution in [1.29, 1.82) is 0 Å². The second-order valence-corrected chi connectivity index (χ2v) is 8.07. The van der Waals surface area contributed by atoms with E-state index in [0.717, 1.165) is 4.88 Å². The molecule has 0 aliphatic rings. The van der Waals surface area contributed by atoms with Crippen LogP contribution in [-0.4, -0.2) is 23.2 Å². The molecular weight excluding hydrogens is 380 g/mol. The van der Waals surface area contributed by atoms with Crippen molar-refractivity contribution in [2.24, 2.45) is 7.05 Å². The second kappa shape index (κ2) is 6.20. The Bertz CT molecular complexity index is 1230. The number of fused-ring (bicyclic) bond motifs is 1. The first-order chi connectivity index (χ1) is 12.4. The predicted molar refractivity (Wildman–Crippen MR) is 93.1 cm³/mol. The summed E-state index contributed by atoms with van der Waals surface area (Å²) >= 11 is 1.44. The van der Waals surface area contributed by atoms with E-state index in [-0.39, 0.29) is 22.9 Å². The third-order valence-electron chi connectivity index (χ3n) is 3.69. The van der Waals surface area contributed by atoms with E-state index in [0.29, 0.717) is 11.4 Å². The fourth-order valence-electron chi connectivity index (χ4n) is 2.35. The number of thiophene rings is 1. The molecule has 0 aliphatic carbocycles. The number of oxazole rings is 1. The number of hydrogen-bond acceptors (Lipinski definition) is 8. The van der Waals surface area contributed by atoms with Crippen LogP contribution in [0, 0.1) is 0 Å². The zero-order valence-electron chi connectivity index (χ0n) is 13.4. The van der Waals surface area contributed by atoms with Crippen LogP contribution in [-0.2, 0) is 23.6 Å². The molecule has 0 saturated heterocycles. The monoisotopic (exact) mass is 392 g/mol. The SMILES string of the molecule is Cn1c(=O)oc2cc(S(=O)(=O)NCc3nnc(-c4cccs4)o3)ccc21. The summed E-state index contributed by atoms with van der Waals surface area (Å²) in [6, 6.07) is 7.88. The van der Waals surface area contributed by atoms with Gasteiger partial charge in [0, 0.05) is 13.1 Å². The van der Waals surface area contributed by atoms with Gasteiger partial charge < -0.3 is 8.83 Å². The van der Waals surface area contributed by atoms with Crippen LogP contribution in [0.3, 0.4) is 0 Å². The lowest BCUT2D eigenvalue weighted by molar-refractivity contribution is 0.495. The van der Waals surface area contributed by atoms with Gasteiger partial charge in [-0.1, -0.05) is 6.07 Å². The van der Waals surface area contributed by atoms with Gasteiger partial charge >= 0.3 is 5.76 Å². The van der Waals surface area contributed by atoms with E-state index < -0.39 is 15.8 Å². The number of hydrogen-bond donors (Lipinski definition) is 1. The number of nitrogens with one attached hydrogen (secondary N) is 1. The largest absolute Gasteiger partial charge is 0.419 e. The van der Waals surface area contributed by atoms with Crippen LogP contribution in [0.15, 0.2) is 54.2 Å². The molecule has 0 spiro atoms. The van der Waals surface area contributed by atoms with Crippen molar-refractivity contribution < 1.29 is 17.3 Å². The highest BCUT2D eigenvalue weighted by molar-refractivity contribution is 7.89. The topological polar surface area (TPSA) is 120 Å². The van der Waals surface area contributed by atoms with E-state index in [4.69, 9.17) is 8.83 Å². The number of benzene rings is 1. The summed E-state index contributed by atoms with van der Waals surface area (Å²) in [4.78, 5) is 12.3. The maximum absolute atomic E-state index is 12.5. The molecule has 3 heterocycles. The number of aryl methyl sites for hydroxylation is 1. The van der Waals surface area contributed by atoms with Crippen LogP contribution >= 0.6 is 11.3 Å². The molecule has 9 nitrogen and oxygen atoms in total. The van der Waals surface area contributed by atoms with Gasteiger partial charge in [0.1, 0.15) is 0 Å². The smallest absolute Gasteiger partial charge is 0.418 e. The Labute approximate surface area is 150 Å². The summed E-state index contributed by atoms with van der Waals surface area (Å²) in [5, 5.41) is 9.60. The highest BCUT2D eigenvalue weighted by Gasteiger charge is 2.18. The van der Waals surface area contributed by atoms with E-state index in [9.17, 15) is 13.2 Å². The minimum atomic E-state index is -3.84. The second-order valence-electron chi connectivity index (χ2n) is 5.36. The van der Waals surface area contributed by atoms with Crippen molar-refractivity contribution in [3.8, 4) is 10.8 Å². The molecule has 0 bridgehead atoms. The average molecular weight is 392 g/mol. The molecule has 26 heavy (non-hydrogen) atoms. The number of aromatic nitrogens is 3. The predicted octanol–water partition coefficient (Wildman–Crippen LogP) is 1.72. The van der Waals surface area contributed by atoms with Crippen molar-refractivity contribution in [2.75, 3.05) is 0 Å². The zero-order chi connectivity index (χ0) is 18.3. The first kappa shape index (κ1) is 16.7. The van der Waals surface area contributed by atoms with Gasteiger partial charge in [-0.25, -0.2) is 17.9 Å². The standard InChI is InChI=1S/C15H12N4O5S2/c1-19-10-5-4-9(7-11(10)23-15(19)20)26(21,22)16-8-13-17-18-14(24-13)12-3-2-6-25-12/h2-7,16H,8H2,1H3. The third kappa shape index (κ3) is 2.96. The normalized spacial score (nSPS) is 12.0. The molecule has 0 unspecified atom stereocenters. The maximum atomic E-state index is 12.5. The quantitative estimate of drug-likeness (QED) is 0.549. The van der Waals surface area contributed by atoms with Gasteiger partial charge in [-0.05, 0) is 23.6 Å². The molecular formula is C15H12N4O5S2. The van der Waals surface area contributed by atoms with E-state index in [1.54, 1.807) is 7.05 Å². The Morgan fingerprint density at radius 1 is 1.23 bits per heavy atom. The van der Waals surface area contributed by atoms with E-state index in [2.05, 4.69) is 14.9 Å². The van der Waals surface area contributed by atoms with Crippen LogP contribution in [0.5, 0.6) is 0 Å². The van der Waals surface area contributed by atoms with Crippen molar-refractivity contribution >= 4 is 32.5 Å². The highest BCUT2D eigenvalue weighted by Crippen LogP contribution is 2.23. The summed E-state index contributed by atoms with van der Waals surface area (Å²) in [6.45, 7) is -0.155. The lowest BCUT2D eigenvalue weighted by atomic mass is 10.3. The van der Waals surface area contributed by atoms with E-state index in [1.165, 1.54) is 34.1 Å². The fourth-order valence-corrected chi connectivity index (χ4v) is 3.98. The van der Waals surface area contributed by atoms with Crippen LogP contribution in [0.25, 0.3) is 21.9 Å². The maximum Gasteiger partial charge on any atom is 0.419 e. The lowest BCUT2D eigenvalue weighted by Crippen LogP contribution is -2.23. The fraction of sp³-hybridized carbons (Fsp3) is 0.133. The Kier molecular flexibility index (Phi) is 3.98. The molecule has 11 heteroatoms. The summed E-state index contributed by atoms with van der Waals surface area (Å²) in [6.07, 6.45) is 0. The number of nitrogens with zero attached hydrogens (tertiary/aromatic N) is 3. The number of sulfonamides is 1. The van der Waals surface area contributed by atoms with Gasteiger partial charge in [-0.2, -0.15) is 0 Å². The van der Waals surface area contributed by atoms with Gasteiger partial charge in [0.05, 0.1) is 21.8 Å². The van der Waals surface area contributed by atoms with Gasteiger partial charge in [0.2, 0.25) is 15.9 Å². The molecule has 0 aliphatic heterocycles. The average Bonchev–Trinajstić information content (AvgIpc) is 3.34. The molecule has 134 valence electrons. The van der Waals surface area contributed by atoms with Crippen LogP contribution in [0.1, 0.15) is 5.89 Å². The molecule has 0 radical (unpaired) electrons. The number of rotatable bonds is 5. The zero-order valence-corrected chi connectivity index (χ0v) is 15.0. The van der Waals surface area contributed by atoms with Gasteiger partial charge in [0.25, 0.3) is 5.89 Å². The van der Waals surface area contributed by atoms with Crippen LogP contribution in [0.2, 0.25) is 0 Å². The summed E-state index contributed by atoms with van der Waals surface area (Å²) in [7, 11) is -2.30. The van der Waals surface area contributed by atoms with Crippen LogP contribution in [0.4, 0.5) is 0 Å². The molecule has 4 aromatic rings. The molecule has 4 rings (SSSR count). The van der Waals surface area contributed by atoms with E-state index >= 15 is 0 Å². The Morgan fingerprint density at radius 2 is 2.08 bits per heavy atom. The van der Waals surface area contributed by atoms with Gasteiger partial charge in [-0.15, -0.1) is 21.5 Å². The lowest BCUT2D eigenvalue weighted by Gasteiger charge is -2.04. The van der Waals surface area contributed by atoms with Crippen molar-refractivity contribution in [3.63, 3.8) is 0 Å². The van der Waals surface area contributed by atoms with Crippen LogP contribution < -0.4 is 10.5 Å². The van der Waals surface area contributed by atoms with Crippen molar-refractivity contribution in [3.05, 3.63) is 52.2 Å². The minimum absolute atomic E-state index is 0.0302. The molecule has 1 N–H and O–H groups in total. The van der Waals surface area contributed by atoms with Crippen molar-refractivity contribution in [2.45, 2.75) is 11.4 Å². The first-order valence-corrected chi connectivity index (χ1v) is 9.76. The molecule has 0 fully saturated rings. The Balaban J connectivity index is 1.55. The van der Waals surface area contributed by atoms with E-state index in [1.807, 2.05) is 17.5 Å². The summed E-state index contributed by atoms with van der Waals surface area (Å²) in [5.41, 5.74) is 0.699. The summed E-state index contributed by atoms with van der Waals surface area (Å²) in [5.74, 6) is -0.0829. The Hall–Kier alpha value is -2.76. The van der Waals surface area contributed by atoms with Crippen molar-refractivity contribution in [1.82, 2.24) is 19.5 Å². The minimum Gasteiger partial charge on any atom is -0.418 e. The first-order valence-electron chi connectivity index (χ1n) is 7.39. The molecule has 3 aromatic heterocycles. The molecule has 0 atom stereocenters. The third-order valence-corrected chi connectivity index (χ3v) is 5.94. The Morgan fingerprint density at radius 3 is 2.85 bits per heavy atom. The summed E-state index contributed by atoms with van der Waals surface area (Å²) < 4.78 is 39.1. The highest BCUT2D eigenvalue weighted by atomic mass is 32.2. The molecule has 0 amide bonds. The molecule has 0 saturated carbocycles. The van der Waals surface area contributed by atoms with Gasteiger partial charge in [-0.3, -0.25) is 4.57 Å².